The lowest BCUT2D eigenvalue weighted by molar-refractivity contribution is 0.102. The molecule has 0 saturated carbocycles. The Morgan fingerprint density at radius 3 is 2.42 bits per heavy atom. The van der Waals surface area contributed by atoms with Gasteiger partial charge in [-0.1, -0.05) is 17.7 Å². The minimum atomic E-state index is -0.300. The van der Waals surface area contributed by atoms with Gasteiger partial charge in [-0.15, -0.1) is 0 Å². The summed E-state index contributed by atoms with van der Waals surface area (Å²) < 4.78 is 5.11. The topological polar surface area (TPSA) is 76.1 Å². The summed E-state index contributed by atoms with van der Waals surface area (Å²) in [5.41, 5.74) is 2.63. The lowest BCUT2D eigenvalue weighted by atomic mass is 10.2. The Balaban J connectivity index is 1.68. The number of rotatable bonds is 5. The summed E-state index contributed by atoms with van der Waals surface area (Å²) in [4.78, 5) is 20.7. The largest absolute Gasteiger partial charge is 0.497 e. The third-order valence-corrected chi connectivity index (χ3v) is 4.19. The standard InChI is InChI=1S/C19H17ClN4O2/c1-12-16(20)4-3-5-17(12)24-18(25)13-10-21-19(22-11-13)23-14-6-8-15(26-2)9-7-14/h3-11H,1-2H3,(H,24,25)(H,21,22,23). The van der Waals surface area contributed by atoms with Gasteiger partial charge in [0.15, 0.2) is 0 Å². The molecule has 7 heteroatoms. The van der Waals surface area contributed by atoms with Gasteiger partial charge in [-0.25, -0.2) is 9.97 Å². The number of ether oxygens (including phenoxy) is 1. The zero-order valence-corrected chi connectivity index (χ0v) is 15.0. The van der Waals surface area contributed by atoms with E-state index in [-0.39, 0.29) is 5.91 Å². The van der Waals surface area contributed by atoms with Crippen molar-refractivity contribution >= 4 is 34.8 Å². The molecule has 1 heterocycles. The van der Waals surface area contributed by atoms with Crippen LogP contribution in [0.3, 0.4) is 0 Å². The second-order valence-corrected chi connectivity index (χ2v) is 5.92. The van der Waals surface area contributed by atoms with Crippen LogP contribution >= 0.6 is 11.6 Å². The van der Waals surface area contributed by atoms with E-state index >= 15 is 0 Å². The van der Waals surface area contributed by atoms with E-state index in [1.165, 1.54) is 12.4 Å². The van der Waals surface area contributed by atoms with Crippen molar-refractivity contribution in [1.82, 2.24) is 9.97 Å². The quantitative estimate of drug-likeness (QED) is 0.696. The number of carbonyl (C=O) groups is 1. The molecule has 3 rings (SSSR count). The number of hydrogen-bond acceptors (Lipinski definition) is 5. The van der Waals surface area contributed by atoms with E-state index in [9.17, 15) is 4.79 Å². The molecule has 1 aromatic heterocycles. The molecule has 0 radical (unpaired) electrons. The van der Waals surface area contributed by atoms with E-state index in [0.29, 0.717) is 22.2 Å². The molecule has 0 fully saturated rings. The molecule has 0 saturated heterocycles. The number of anilines is 3. The van der Waals surface area contributed by atoms with Crippen molar-refractivity contribution in [2.24, 2.45) is 0 Å². The number of nitrogens with zero attached hydrogens (tertiary/aromatic N) is 2. The second kappa shape index (κ2) is 7.84. The van der Waals surface area contributed by atoms with Crippen molar-refractivity contribution in [2.75, 3.05) is 17.7 Å². The van der Waals surface area contributed by atoms with E-state index in [1.54, 1.807) is 25.3 Å². The Morgan fingerprint density at radius 1 is 1.08 bits per heavy atom. The molecule has 1 amide bonds. The number of nitrogens with one attached hydrogen (secondary N) is 2. The maximum atomic E-state index is 12.3. The van der Waals surface area contributed by atoms with E-state index in [4.69, 9.17) is 16.3 Å². The molecule has 0 aliphatic rings. The van der Waals surface area contributed by atoms with Crippen LogP contribution in [0.5, 0.6) is 5.75 Å². The Bertz CT molecular complexity index is 912. The van der Waals surface area contributed by atoms with Gasteiger partial charge in [0.2, 0.25) is 5.95 Å². The molecule has 26 heavy (non-hydrogen) atoms. The molecule has 0 atom stereocenters. The molecule has 0 aliphatic heterocycles. The third kappa shape index (κ3) is 4.10. The zero-order valence-electron chi connectivity index (χ0n) is 14.3. The molecule has 0 bridgehead atoms. The van der Waals surface area contributed by atoms with Crippen molar-refractivity contribution in [3.63, 3.8) is 0 Å². The van der Waals surface area contributed by atoms with Crippen molar-refractivity contribution in [1.29, 1.82) is 0 Å². The van der Waals surface area contributed by atoms with Crippen LogP contribution < -0.4 is 15.4 Å². The summed E-state index contributed by atoms with van der Waals surface area (Å²) in [6, 6.07) is 12.7. The molecular weight excluding hydrogens is 352 g/mol. The number of benzene rings is 2. The predicted octanol–water partition coefficient (Wildman–Crippen LogP) is 4.44. The highest BCUT2D eigenvalue weighted by Gasteiger charge is 2.10. The average Bonchev–Trinajstić information content (AvgIpc) is 2.66. The normalized spacial score (nSPS) is 10.3. The Kier molecular flexibility index (Phi) is 5.34. The van der Waals surface area contributed by atoms with Crippen molar-refractivity contribution in [3.05, 3.63) is 71.0 Å². The van der Waals surface area contributed by atoms with E-state index in [1.807, 2.05) is 31.2 Å². The minimum Gasteiger partial charge on any atom is -0.497 e. The molecule has 2 aromatic carbocycles. The number of hydrogen-bond donors (Lipinski definition) is 2. The highest BCUT2D eigenvalue weighted by Crippen LogP contribution is 2.23. The molecule has 132 valence electrons. The third-order valence-electron chi connectivity index (χ3n) is 3.78. The lowest BCUT2D eigenvalue weighted by Gasteiger charge is -2.10. The van der Waals surface area contributed by atoms with Crippen LogP contribution in [0.2, 0.25) is 5.02 Å². The van der Waals surface area contributed by atoms with Gasteiger partial charge in [0, 0.05) is 28.8 Å². The second-order valence-electron chi connectivity index (χ2n) is 5.52. The predicted molar refractivity (Wildman–Crippen MR) is 102 cm³/mol. The summed E-state index contributed by atoms with van der Waals surface area (Å²) in [6.45, 7) is 1.84. The summed E-state index contributed by atoms with van der Waals surface area (Å²) in [7, 11) is 1.61. The van der Waals surface area contributed by atoms with E-state index in [2.05, 4.69) is 20.6 Å². The van der Waals surface area contributed by atoms with Gasteiger partial charge >= 0.3 is 0 Å². The average molecular weight is 369 g/mol. The fourth-order valence-corrected chi connectivity index (χ4v) is 2.43. The number of methoxy groups -OCH3 is 1. The summed E-state index contributed by atoms with van der Waals surface area (Å²) in [5.74, 6) is 0.858. The summed E-state index contributed by atoms with van der Waals surface area (Å²) in [6.07, 6.45) is 2.93. The van der Waals surface area contributed by atoms with E-state index in [0.717, 1.165) is 17.0 Å². The molecule has 0 aliphatic carbocycles. The fraction of sp³-hybridized carbons (Fsp3) is 0.105. The Labute approximate surface area is 156 Å². The van der Waals surface area contributed by atoms with Crippen molar-refractivity contribution in [3.8, 4) is 5.75 Å². The molecule has 6 nitrogen and oxygen atoms in total. The number of carbonyl (C=O) groups excluding carboxylic acids is 1. The fourth-order valence-electron chi connectivity index (χ4n) is 2.25. The monoisotopic (exact) mass is 368 g/mol. The van der Waals surface area contributed by atoms with Crippen molar-refractivity contribution in [2.45, 2.75) is 6.92 Å². The van der Waals surface area contributed by atoms with Gasteiger partial charge in [-0.05, 0) is 48.9 Å². The van der Waals surface area contributed by atoms with Crippen LogP contribution in [0.25, 0.3) is 0 Å². The van der Waals surface area contributed by atoms with E-state index < -0.39 is 0 Å². The van der Waals surface area contributed by atoms with Gasteiger partial charge < -0.3 is 15.4 Å². The SMILES string of the molecule is COc1ccc(Nc2ncc(C(=O)Nc3cccc(Cl)c3C)cn2)cc1. The highest BCUT2D eigenvalue weighted by molar-refractivity contribution is 6.31. The zero-order chi connectivity index (χ0) is 18.5. The van der Waals surface area contributed by atoms with Gasteiger partial charge in [0.1, 0.15) is 5.75 Å². The highest BCUT2D eigenvalue weighted by atomic mass is 35.5. The minimum absolute atomic E-state index is 0.300. The molecule has 2 N–H and O–H groups in total. The molecule has 3 aromatic rings. The van der Waals surface area contributed by atoms with Gasteiger partial charge in [0.05, 0.1) is 12.7 Å². The summed E-state index contributed by atoms with van der Waals surface area (Å²) >= 11 is 6.07. The van der Waals surface area contributed by atoms with Crippen LogP contribution in [0.4, 0.5) is 17.3 Å². The van der Waals surface area contributed by atoms with Gasteiger partial charge in [-0.2, -0.15) is 0 Å². The van der Waals surface area contributed by atoms with Crippen LogP contribution in [0, 0.1) is 6.92 Å². The number of halogens is 1. The maximum Gasteiger partial charge on any atom is 0.258 e. The summed E-state index contributed by atoms with van der Waals surface area (Å²) in [5, 5.41) is 6.47. The first-order chi connectivity index (χ1) is 12.6. The Hall–Kier alpha value is -3.12. The first kappa shape index (κ1) is 17.7. The number of amides is 1. The number of aromatic nitrogens is 2. The first-order valence-corrected chi connectivity index (χ1v) is 8.24. The van der Waals surface area contributed by atoms with Crippen LogP contribution in [-0.4, -0.2) is 23.0 Å². The maximum absolute atomic E-state index is 12.3. The van der Waals surface area contributed by atoms with Crippen molar-refractivity contribution < 1.29 is 9.53 Å². The lowest BCUT2D eigenvalue weighted by Crippen LogP contribution is -2.14. The molecular formula is C19H17ClN4O2. The Morgan fingerprint density at radius 2 is 1.77 bits per heavy atom. The first-order valence-electron chi connectivity index (χ1n) is 7.86. The van der Waals surface area contributed by atoms with Crippen LogP contribution in [0.1, 0.15) is 15.9 Å². The van der Waals surface area contributed by atoms with Crippen LogP contribution in [0.15, 0.2) is 54.9 Å². The molecule has 0 unspecified atom stereocenters. The molecule has 0 spiro atoms. The van der Waals surface area contributed by atoms with Crippen LogP contribution in [-0.2, 0) is 0 Å². The smallest absolute Gasteiger partial charge is 0.258 e. The van der Waals surface area contributed by atoms with Gasteiger partial charge in [0.25, 0.3) is 5.91 Å². The van der Waals surface area contributed by atoms with Gasteiger partial charge in [-0.3, -0.25) is 4.79 Å².